The Bertz CT molecular complexity index is 687. The Morgan fingerprint density at radius 3 is 1.18 bits per heavy atom. The van der Waals surface area contributed by atoms with E-state index in [-0.39, 0.29) is 11.1 Å². The first-order valence-corrected chi connectivity index (χ1v) is 13.9. The van der Waals surface area contributed by atoms with Crippen molar-refractivity contribution in [2.45, 2.75) is 118 Å². The Kier molecular flexibility index (Phi) is 7.68. The average molecular weight is 473 g/mol. The van der Waals surface area contributed by atoms with Crippen molar-refractivity contribution >= 4 is 0 Å². The second kappa shape index (κ2) is 9.47. The third kappa shape index (κ3) is 5.24. The van der Waals surface area contributed by atoms with Gasteiger partial charge in [-0.3, -0.25) is 9.80 Å². The van der Waals surface area contributed by atoms with Gasteiger partial charge in [0.15, 0.2) is 0 Å². The summed E-state index contributed by atoms with van der Waals surface area (Å²) in [7, 11) is 0. The van der Waals surface area contributed by atoms with Gasteiger partial charge in [0.1, 0.15) is 0 Å². The van der Waals surface area contributed by atoms with Crippen LogP contribution in [-0.2, 0) is 0 Å². The number of piperazine rings is 2. The van der Waals surface area contributed by atoms with Crippen molar-refractivity contribution in [3.05, 3.63) is 24.6 Å². The zero-order chi connectivity index (χ0) is 25.7. The molecule has 0 unspecified atom stereocenters. The lowest BCUT2D eigenvalue weighted by Crippen LogP contribution is -2.61. The minimum atomic E-state index is 0.267. The second-order valence-electron chi connectivity index (χ2n) is 14.4. The van der Waals surface area contributed by atoms with Crippen LogP contribution in [0.1, 0.15) is 94.9 Å². The third-order valence-corrected chi connectivity index (χ3v) is 10.6. The van der Waals surface area contributed by atoms with Crippen molar-refractivity contribution in [2.75, 3.05) is 39.3 Å². The van der Waals surface area contributed by atoms with E-state index in [1.54, 1.807) is 0 Å². The van der Waals surface area contributed by atoms with E-state index in [2.05, 4.69) is 102 Å². The molecule has 0 aromatic carbocycles. The summed E-state index contributed by atoms with van der Waals surface area (Å²) in [4.78, 5) is 10.4. The van der Waals surface area contributed by atoms with Crippen molar-refractivity contribution in [3.63, 3.8) is 0 Å². The molecule has 4 heterocycles. The molecule has 0 amide bonds. The fourth-order valence-corrected chi connectivity index (χ4v) is 5.96. The molecule has 0 bridgehead atoms. The van der Waals surface area contributed by atoms with E-state index in [1.165, 1.54) is 76.3 Å². The van der Waals surface area contributed by atoms with Gasteiger partial charge in [-0.1, -0.05) is 54.7 Å². The molecule has 0 aliphatic carbocycles. The SMILES string of the molecule is C=C1CC[C@@H]2CN(C(C)(C)C(C)(C)C)CCN12.C=C1CC[C@H]2CN(C(C)(C)C(C)(C)C)CCN12. The molecule has 4 aliphatic heterocycles. The van der Waals surface area contributed by atoms with E-state index in [1.807, 2.05) is 0 Å². The predicted octanol–water partition coefficient (Wildman–Crippen LogP) is 6.21. The average Bonchev–Trinajstić information content (AvgIpc) is 3.29. The van der Waals surface area contributed by atoms with Gasteiger partial charge in [-0.25, -0.2) is 0 Å². The van der Waals surface area contributed by atoms with Gasteiger partial charge in [-0.2, -0.15) is 0 Å². The molecule has 0 saturated carbocycles. The molecule has 4 aliphatic rings. The predicted molar refractivity (Wildman–Crippen MR) is 148 cm³/mol. The van der Waals surface area contributed by atoms with Crippen molar-refractivity contribution < 1.29 is 0 Å². The lowest BCUT2D eigenvalue weighted by atomic mass is 9.74. The highest BCUT2D eigenvalue weighted by molar-refractivity contribution is 5.10. The molecule has 0 radical (unpaired) electrons. The monoisotopic (exact) mass is 472 g/mol. The summed E-state index contributed by atoms with van der Waals surface area (Å²) < 4.78 is 0. The van der Waals surface area contributed by atoms with Crippen LogP contribution in [0.4, 0.5) is 0 Å². The minimum absolute atomic E-state index is 0.267. The van der Waals surface area contributed by atoms with E-state index >= 15 is 0 Å². The first-order chi connectivity index (χ1) is 15.5. The highest BCUT2D eigenvalue weighted by Crippen LogP contribution is 2.40. The van der Waals surface area contributed by atoms with Crippen LogP contribution in [0.2, 0.25) is 0 Å². The number of hydrogen-bond donors (Lipinski definition) is 0. The molecule has 196 valence electrons. The van der Waals surface area contributed by atoms with Gasteiger partial charge in [0.2, 0.25) is 0 Å². The summed E-state index contributed by atoms with van der Waals surface area (Å²) in [6.07, 6.45) is 5.01. The van der Waals surface area contributed by atoms with Gasteiger partial charge in [0, 0.05) is 73.8 Å². The van der Waals surface area contributed by atoms with Crippen LogP contribution < -0.4 is 0 Å². The molecule has 34 heavy (non-hydrogen) atoms. The lowest BCUT2D eigenvalue weighted by molar-refractivity contribution is -0.0204. The number of fused-ring (bicyclic) bond motifs is 2. The van der Waals surface area contributed by atoms with Gasteiger partial charge < -0.3 is 9.80 Å². The van der Waals surface area contributed by atoms with Crippen LogP contribution in [0.15, 0.2) is 24.6 Å². The zero-order valence-electron chi connectivity index (χ0n) is 24.4. The van der Waals surface area contributed by atoms with Gasteiger partial charge in [-0.15, -0.1) is 0 Å². The highest BCUT2D eigenvalue weighted by Gasteiger charge is 2.44. The zero-order valence-corrected chi connectivity index (χ0v) is 24.4. The maximum atomic E-state index is 4.18. The van der Waals surface area contributed by atoms with Crippen molar-refractivity contribution in [1.29, 1.82) is 0 Å². The summed E-state index contributed by atoms with van der Waals surface area (Å²) in [5, 5.41) is 0. The molecule has 4 rings (SSSR count). The number of allylic oxidation sites excluding steroid dienone is 2. The second-order valence-corrected chi connectivity index (χ2v) is 14.4. The fraction of sp³-hybridized carbons (Fsp3) is 0.867. The van der Waals surface area contributed by atoms with Gasteiger partial charge in [-0.05, 0) is 64.2 Å². The van der Waals surface area contributed by atoms with Crippen LogP contribution in [0.3, 0.4) is 0 Å². The quantitative estimate of drug-likeness (QED) is 0.474. The topological polar surface area (TPSA) is 13.0 Å². The highest BCUT2D eigenvalue weighted by atomic mass is 15.3. The van der Waals surface area contributed by atoms with E-state index in [0.29, 0.717) is 10.8 Å². The van der Waals surface area contributed by atoms with Crippen LogP contribution in [0.25, 0.3) is 0 Å². The maximum Gasteiger partial charge on any atom is 0.0418 e. The summed E-state index contributed by atoms with van der Waals surface area (Å²) in [5.74, 6) is 0. The summed E-state index contributed by atoms with van der Waals surface area (Å²) in [6.45, 7) is 39.2. The summed E-state index contributed by atoms with van der Waals surface area (Å²) >= 11 is 0. The largest absolute Gasteiger partial charge is 0.370 e. The van der Waals surface area contributed by atoms with E-state index in [0.717, 1.165) is 12.1 Å². The fourth-order valence-electron chi connectivity index (χ4n) is 5.96. The molecule has 0 aromatic heterocycles. The van der Waals surface area contributed by atoms with Crippen molar-refractivity contribution in [1.82, 2.24) is 19.6 Å². The van der Waals surface area contributed by atoms with E-state index < -0.39 is 0 Å². The molecule has 4 nitrogen and oxygen atoms in total. The summed E-state index contributed by atoms with van der Waals surface area (Å²) in [5.41, 5.74) is 3.91. The molecule has 4 heteroatoms. The number of hydrogen-bond acceptors (Lipinski definition) is 4. The van der Waals surface area contributed by atoms with Crippen LogP contribution in [0, 0.1) is 10.8 Å². The van der Waals surface area contributed by atoms with Crippen molar-refractivity contribution in [3.8, 4) is 0 Å². The maximum absolute atomic E-state index is 4.18. The molecule has 0 spiro atoms. The van der Waals surface area contributed by atoms with Gasteiger partial charge in [0.05, 0.1) is 0 Å². The van der Waals surface area contributed by atoms with Crippen molar-refractivity contribution in [2.24, 2.45) is 10.8 Å². The minimum Gasteiger partial charge on any atom is -0.370 e. The third-order valence-electron chi connectivity index (χ3n) is 10.6. The molecule has 0 N–H and O–H groups in total. The van der Waals surface area contributed by atoms with Crippen LogP contribution in [-0.4, -0.2) is 82.0 Å². The lowest BCUT2D eigenvalue weighted by Gasteiger charge is -2.52. The molecular weight excluding hydrogens is 416 g/mol. The molecular formula is C30H56N4. The van der Waals surface area contributed by atoms with E-state index in [4.69, 9.17) is 0 Å². The first-order valence-electron chi connectivity index (χ1n) is 13.9. The molecule has 2 atom stereocenters. The standard InChI is InChI=1S/2C15H28N2/c2*1-12-7-8-13-11-16(9-10-17(12)13)15(5,6)14(2,3)4/h2*13H,1,7-11H2,2-6H3/t2*13-/m10/s1. The summed E-state index contributed by atoms with van der Waals surface area (Å²) in [6, 6.07) is 1.44. The normalized spacial score (nSPS) is 27.5. The Morgan fingerprint density at radius 1 is 0.559 bits per heavy atom. The van der Waals surface area contributed by atoms with E-state index in [9.17, 15) is 0 Å². The molecule has 0 aromatic rings. The van der Waals surface area contributed by atoms with Gasteiger partial charge in [0.25, 0.3) is 0 Å². The Balaban J connectivity index is 0.000000191. The smallest absolute Gasteiger partial charge is 0.0418 e. The number of nitrogens with zero attached hydrogens (tertiary/aromatic N) is 4. The van der Waals surface area contributed by atoms with Crippen LogP contribution >= 0.6 is 0 Å². The van der Waals surface area contributed by atoms with Crippen LogP contribution in [0.5, 0.6) is 0 Å². The number of rotatable bonds is 2. The molecule has 4 fully saturated rings. The first kappa shape index (κ1) is 27.6. The Labute approximate surface area is 212 Å². The Hall–Kier alpha value is -1.00. The Morgan fingerprint density at radius 2 is 0.882 bits per heavy atom. The van der Waals surface area contributed by atoms with Gasteiger partial charge >= 0.3 is 0 Å². The molecule has 4 saturated heterocycles.